The molecule has 0 aliphatic rings. The molecule has 22 heavy (non-hydrogen) atoms. The molecule has 0 aromatic heterocycles. The maximum atomic E-state index is 10.1. The lowest BCUT2D eigenvalue weighted by Gasteiger charge is -2.23. The monoisotopic (exact) mass is 326 g/mol. The standard InChI is InChI=1S/C17H30N2O2S/c1-3-11-22-12-5-10-19(4-2)13-16(20)14-21-17-8-6-15(18)7-9-17/h6-9,16,20H,3-5,10-14,18H2,1-2H3. The lowest BCUT2D eigenvalue weighted by atomic mass is 10.3. The molecule has 1 atom stereocenters. The Labute approximate surface area is 139 Å². The number of anilines is 1. The number of ether oxygens (including phenoxy) is 1. The molecule has 1 unspecified atom stereocenters. The van der Waals surface area contributed by atoms with E-state index in [-0.39, 0.29) is 0 Å². The van der Waals surface area contributed by atoms with E-state index < -0.39 is 6.10 Å². The second-order valence-electron chi connectivity index (χ2n) is 5.39. The van der Waals surface area contributed by atoms with Crippen molar-refractivity contribution in [3.63, 3.8) is 0 Å². The molecule has 3 N–H and O–H groups in total. The summed E-state index contributed by atoms with van der Waals surface area (Å²) in [5.41, 5.74) is 6.34. The molecule has 0 spiro atoms. The first-order valence-electron chi connectivity index (χ1n) is 8.12. The van der Waals surface area contributed by atoms with Crippen molar-refractivity contribution in [3.05, 3.63) is 24.3 Å². The summed E-state index contributed by atoms with van der Waals surface area (Å²) in [5.74, 6) is 3.18. The molecule has 1 rings (SSSR count). The summed E-state index contributed by atoms with van der Waals surface area (Å²) in [5, 5.41) is 10.1. The van der Waals surface area contributed by atoms with Gasteiger partial charge in [-0.3, -0.25) is 0 Å². The van der Waals surface area contributed by atoms with Crippen molar-refractivity contribution in [2.75, 3.05) is 43.5 Å². The van der Waals surface area contributed by atoms with Gasteiger partial charge in [-0.05, 0) is 61.7 Å². The first kappa shape index (κ1) is 19.1. The molecule has 126 valence electrons. The molecule has 0 saturated heterocycles. The van der Waals surface area contributed by atoms with E-state index in [1.54, 1.807) is 12.1 Å². The van der Waals surface area contributed by atoms with Crippen molar-refractivity contribution in [2.24, 2.45) is 0 Å². The van der Waals surface area contributed by atoms with Crippen LogP contribution >= 0.6 is 11.8 Å². The van der Waals surface area contributed by atoms with Crippen LogP contribution in [0.25, 0.3) is 0 Å². The van der Waals surface area contributed by atoms with E-state index in [1.165, 1.54) is 24.3 Å². The number of hydrogen-bond donors (Lipinski definition) is 2. The largest absolute Gasteiger partial charge is 0.491 e. The van der Waals surface area contributed by atoms with Crippen LogP contribution in [0, 0.1) is 0 Å². The van der Waals surface area contributed by atoms with Crippen molar-refractivity contribution < 1.29 is 9.84 Å². The highest BCUT2D eigenvalue weighted by molar-refractivity contribution is 7.99. The van der Waals surface area contributed by atoms with Crippen LogP contribution in [-0.2, 0) is 0 Å². The Kier molecular flexibility index (Phi) is 10.1. The average molecular weight is 327 g/mol. The number of nitrogens with two attached hydrogens (primary N) is 1. The number of nitrogens with zero attached hydrogens (tertiary/aromatic N) is 1. The third-order valence-corrected chi connectivity index (χ3v) is 4.62. The van der Waals surface area contributed by atoms with Gasteiger partial charge in [0.1, 0.15) is 18.5 Å². The van der Waals surface area contributed by atoms with Crippen molar-refractivity contribution in [1.29, 1.82) is 0 Å². The Morgan fingerprint density at radius 1 is 1.23 bits per heavy atom. The third-order valence-electron chi connectivity index (χ3n) is 3.35. The summed E-state index contributed by atoms with van der Waals surface area (Å²) < 4.78 is 5.59. The Bertz CT molecular complexity index is 387. The molecule has 5 heteroatoms. The van der Waals surface area contributed by atoms with Crippen LogP contribution in [-0.4, -0.2) is 53.9 Å². The molecule has 0 amide bonds. The normalized spacial score (nSPS) is 12.5. The number of hydrogen-bond acceptors (Lipinski definition) is 5. The van der Waals surface area contributed by atoms with E-state index in [9.17, 15) is 5.11 Å². The highest BCUT2D eigenvalue weighted by Crippen LogP contribution is 2.13. The maximum absolute atomic E-state index is 10.1. The summed E-state index contributed by atoms with van der Waals surface area (Å²) in [7, 11) is 0. The third kappa shape index (κ3) is 8.51. The van der Waals surface area contributed by atoms with Gasteiger partial charge in [-0.2, -0.15) is 11.8 Å². The second-order valence-corrected chi connectivity index (χ2v) is 6.62. The van der Waals surface area contributed by atoms with Gasteiger partial charge >= 0.3 is 0 Å². The van der Waals surface area contributed by atoms with Gasteiger partial charge in [-0.1, -0.05) is 13.8 Å². The zero-order valence-corrected chi connectivity index (χ0v) is 14.6. The van der Waals surface area contributed by atoms with Crippen molar-refractivity contribution >= 4 is 17.4 Å². The molecule has 0 fully saturated rings. The van der Waals surface area contributed by atoms with E-state index in [1.807, 2.05) is 23.9 Å². The van der Waals surface area contributed by atoms with E-state index in [2.05, 4.69) is 18.7 Å². The second kappa shape index (κ2) is 11.6. The molecule has 1 aromatic rings. The minimum absolute atomic E-state index is 0.311. The zero-order valence-electron chi connectivity index (χ0n) is 13.8. The lowest BCUT2D eigenvalue weighted by molar-refractivity contribution is 0.0700. The van der Waals surface area contributed by atoms with Crippen molar-refractivity contribution in [2.45, 2.75) is 32.8 Å². The first-order chi connectivity index (χ1) is 10.7. The topological polar surface area (TPSA) is 58.7 Å². The fraction of sp³-hybridized carbons (Fsp3) is 0.647. The predicted octanol–water partition coefficient (Wildman–Crippen LogP) is 2.86. The molecule has 1 aromatic carbocycles. The predicted molar refractivity (Wildman–Crippen MR) is 96.7 cm³/mol. The van der Waals surface area contributed by atoms with Crippen LogP contribution in [0.15, 0.2) is 24.3 Å². The molecular formula is C17H30N2O2S. The smallest absolute Gasteiger partial charge is 0.119 e. The van der Waals surface area contributed by atoms with Gasteiger partial charge in [0.25, 0.3) is 0 Å². The molecule has 0 aliphatic heterocycles. The summed E-state index contributed by atoms with van der Waals surface area (Å²) >= 11 is 2.01. The number of aliphatic hydroxyl groups excluding tert-OH is 1. The fourth-order valence-corrected chi connectivity index (χ4v) is 2.95. The Morgan fingerprint density at radius 2 is 1.95 bits per heavy atom. The number of rotatable bonds is 12. The quantitative estimate of drug-likeness (QED) is 0.457. The minimum atomic E-state index is -0.471. The fourth-order valence-electron chi connectivity index (χ4n) is 2.12. The average Bonchev–Trinajstić information content (AvgIpc) is 2.53. The SMILES string of the molecule is CCCSCCCN(CC)CC(O)COc1ccc(N)cc1. The first-order valence-corrected chi connectivity index (χ1v) is 9.27. The number of nitrogen functional groups attached to an aromatic ring is 1. The molecular weight excluding hydrogens is 296 g/mol. The van der Waals surface area contributed by atoms with E-state index in [0.717, 1.165) is 18.8 Å². The van der Waals surface area contributed by atoms with Crippen LogP contribution in [0.5, 0.6) is 5.75 Å². The Hall–Kier alpha value is -0.910. The van der Waals surface area contributed by atoms with Gasteiger partial charge in [-0.25, -0.2) is 0 Å². The number of aliphatic hydroxyl groups is 1. The van der Waals surface area contributed by atoms with E-state index in [4.69, 9.17) is 10.5 Å². The Morgan fingerprint density at radius 3 is 2.59 bits per heavy atom. The highest BCUT2D eigenvalue weighted by atomic mass is 32.2. The summed E-state index contributed by atoms with van der Waals surface area (Å²) in [6.07, 6.45) is 1.94. The van der Waals surface area contributed by atoms with Gasteiger partial charge in [0.2, 0.25) is 0 Å². The molecule has 0 bridgehead atoms. The molecule has 0 radical (unpaired) electrons. The zero-order chi connectivity index (χ0) is 16.2. The maximum Gasteiger partial charge on any atom is 0.119 e. The summed E-state index contributed by atoms with van der Waals surface area (Å²) in [4.78, 5) is 2.28. The Balaban J connectivity index is 2.20. The van der Waals surface area contributed by atoms with Crippen LogP contribution in [0.2, 0.25) is 0 Å². The molecule has 0 saturated carbocycles. The van der Waals surface area contributed by atoms with Crippen LogP contribution in [0.1, 0.15) is 26.7 Å². The van der Waals surface area contributed by atoms with Gasteiger partial charge in [0.15, 0.2) is 0 Å². The molecule has 0 heterocycles. The van der Waals surface area contributed by atoms with Crippen LogP contribution in [0.4, 0.5) is 5.69 Å². The van der Waals surface area contributed by atoms with E-state index in [0.29, 0.717) is 18.8 Å². The number of thioether (sulfide) groups is 1. The summed E-state index contributed by atoms with van der Waals surface area (Å²) in [6, 6.07) is 7.25. The van der Waals surface area contributed by atoms with E-state index >= 15 is 0 Å². The lowest BCUT2D eigenvalue weighted by Crippen LogP contribution is -2.36. The van der Waals surface area contributed by atoms with Gasteiger partial charge in [0.05, 0.1) is 0 Å². The van der Waals surface area contributed by atoms with Gasteiger partial charge in [0, 0.05) is 12.2 Å². The van der Waals surface area contributed by atoms with Gasteiger partial charge in [-0.15, -0.1) is 0 Å². The van der Waals surface area contributed by atoms with Crippen molar-refractivity contribution in [1.82, 2.24) is 4.90 Å². The number of likely N-dealkylation sites (N-methyl/N-ethyl adjacent to an activating group) is 1. The molecule has 4 nitrogen and oxygen atoms in total. The highest BCUT2D eigenvalue weighted by Gasteiger charge is 2.11. The van der Waals surface area contributed by atoms with Crippen LogP contribution < -0.4 is 10.5 Å². The number of benzene rings is 1. The summed E-state index contributed by atoms with van der Waals surface area (Å²) in [6.45, 7) is 7.30. The molecule has 0 aliphatic carbocycles. The van der Waals surface area contributed by atoms with Crippen LogP contribution in [0.3, 0.4) is 0 Å². The van der Waals surface area contributed by atoms with Crippen molar-refractivity contribution in [3.8, 4) is 5.75 Å². The minimum Gasteiger partial charge on any atom is -0.491 e. The van der Waals surface area contributed by atoms with Gasteiger partial charge < -0.3 is 20.5 Å².